The molecule has 0 unspecified atom stereocenters. The largest absolute Gasteiger partial charge is 0.256 e. The zero-order chi connectivity index (χ0) is 6.81. The summed E-state index contributed by atoms with van der Waals surface area (Å²) in [5.74, 6) is 0. The van der Waals surface area contributed by atoms with E-state index in [9.17, 15) is 0 Å². The fraction of sp³-hybridized carbons (Fsp3) is 0. The summed E-state index contributed by atoms with van der Waals surface area (Å²) in [6.45, 7) is 0. The Hall–Kier alpha value is 0.149. The molecule has 0 aliphatic carbocycles. The van der Waals surface area contributed by atoms with Crippen molar-refractivity contribution in [1.29, 1.82) is 0 Å². The van der Waals surface area contributed by atoms with E-state index in [0.717, 1.165) is 5.52 Å². The molecule has 62 valence electrons. The number of nitrogens with zero attached hydrogens (tertiary/aromatic N) is 1. The molecular weight excluding hydrogens is 295 g/mol. The number of rotatable bonds is 0. The van der Waals surface area contributed by atoms with Gasteiger partial charge in [-0.15, -0.1) is 0 Å². The average Bonchev–Trinajstić information content (AvgIpc) is 2.05. The van der Waals surface area contributed by atoms with Crippen molar-refractivity contribution in [1.82, 2.24) is 4.98 Å². The molecule has 11 heavy (non-hydrogen) atoms. The van der Waals surface area contributed by atoms with Crippen LogP contribution in [0.3, 0.4) is 0 Å². The first kappa shape index (κ1) is 9.24. The van der Waals surface area contributed by atoms with E-state index in [1.165, 1.54) is 5.39 Å². The zero-order valence-electron chi connectivity index (χ0n) is 5.76. The molecule has 1 aromatic carbocycles. The van der Waals surface area contributed by atoms with E-state index in [4.69, 9.17) is 0 Å². The van der Waals surface area contributed by atoms with Crippen LogP contribution in [0.4, 0.5) is 0 Å². The first-order valence-electron chi connectivity index (χ1n) is 3.26. The van der Waals surface area contributed by atoms with E-state index < -0.39 is 0 Å². The second-order valence-corrected chi connectivity index (χ2v) is 2.20. The first-order chi connectivity index (χ1) is 4.97. The molecule has 0 radical (unpaired) electrons. The molecule has 0 amide bonds. The van der Waals surface area contributed by atoms with E-state index in [0.29, 0.717) is 0 Å². The number of aromatic nitrogens is 1. The molecule has 0 aliphatic rings. The van der Waals surface area contributed by atoms with Crippen LogP contribution >= 0.6 is 0 Å². The molecule has 0 atom stereocenters. The van der Waals surface area contributed by atoms with Crippen LogP contribution in [0, 0.1) is 46.9 Å². The number of hydrogen-bond acceptors (Lipinski definition) is 1. The molecule has 1 nitrogen and oxygen atoms in total. The van der Waals surface area contributed by atoms with E-state index >= 15 is 0 Å². The number of benzene rings is 1. The zero-order valence-corrected chi connectivity index (χ0v) is 7.47. The molecule has 0 saturated heterocycles. The van der Waals surface area contributed by atoms with Crippen molar-refractivity contribution in [2.75, 3.05) is 0 Å². The van der Waals surface area contributed by atoms with Gasteiger partial charge < -0.3 is 0 Å². The molecule has 0 bridgehead atoms. The van der Waals surface area contributed by atoms with Gasteiger partial charge in [0, 0.05) is 58.5 Å². The van der Waals surface area contributed by atoms with Gasteiger partial charge in [0.25, 0.3) is 0 Å². The maximum Gasteiger partial charge on any atom is 0.0701 e. The Morgan fingerprint density at radius 1 is 0.909 bits per heavy atom. The van der Waals surface area contributed by atoms with E-state index in [1.54, 1.807) is 0 Å². The second-order valence-electron chi connectivity index (χ2n) is 2.20. The molecule has 0 fully saturated rings. The van der Waals surface area contributed by atoms with Gasteiger partial charge in [0.15, 0.2) is 0 Å². The van der Waals surface area contributed by atoms with Gasteiger partial charge in [0.1, 0.15) is 0 Å². The molecule has 2 rings (SSSR count). The third kappa shape index (κ3) is 2.05. The monoisotopic (exact) mass is 303 g/mol. The molecule has 2 heteroatoms. The Bertz CT molecular complexity index is 281. The van der Waals surface area contributed by atoms with Gasteiger partial charge in [-0.1, -0.05) is 24.3 Å². The van der Waals surface area contributed by atoms with Crippen LogP contribution in [0.1, 0.15) is 0 Å². The molecule has 0 spiro atoms. The normalized spacial score (nSPS) is 9.09. The smallest absolute Gasteiger partial charge is 0.0701 e. The first-order valence-corrected chi connectivity index (χ1v) is 3.26. The van der Waals surface area contributed by atoms with Gasteiger partial charge in [-0.2, -0.15) is 0 Å². The summed E-state index contributed by atoms with van der Waals surface area (Å²) in [4.78, 5) is 4.18. The second kappa shape index (κ2) is 4.24. The van der Waals surface area contributed by atoms with Gasteiger partial charge >= 0.3 is 0 Å². The maximum atomic E-state index is 4.18. The summed E-state index contributed by atoms with van der Waals surface area (Å²) >= 11 is 0. The maximum absolute atomic E-state index is 4.18. The molecule has 1 aromatic heterocycles. The minimum absolute atomic E-state index is 0. The summed E-state index contributed by atoms with van der Waals surface area (Å²) in [5.41, 5.74) is 1.06. The van der Waals surface area contributed by atoms with E-state index in [2.05, 4.69) is 17.1 Å². The van der Waals surface area contributed by atoms with Crippen molar-refractivity contribution in [3.63, 3.8) is 0 Å². The molecule has 0 saturated carbocycles. The fourth-order valence-electron chi connectivity index (χ4n) is 1.02. The van der Waals surface area contributed by atoms with Crippen molar-refractivity contribution in [2.45, 2.75) is 0 Å². The van der Waals surface area contributed by atoms with Gasteiger partial charge in [-0.3, -0.25) is 4.98 Å². The Kier molecular flexibility index (Phi) is 3.56. The van der Waals surface area contributed by atoms with Crippen LogP contribution in [0.5, 0.6) is 0 Å². The molecule has 0 N–H and O–H groups in total. The van der Waals surface area contributed by atoms with Gasteiger partial charge in [0.2, 0.25) is 0 Å². The predicted molar refractivity (Wildman–Crippen MR) is 41.7 cm³/mol. The minimum atomic E-state index is 0. The average molecular weight is 302 g/mol. The third-order valence-electron chi connectivity index (χ3n) is 1.51. The molecular formula is C9H7NYb. The third-order valence-corrected chi connectivity index (χ3v) is 1.51. The summed E-state index contributed by atoms with van der Waals surface area (Å²) in [7, 11) is 0. The number of hydrogen-bond donors (Lipinski definition) is 0. The Morgan fingerprint density at radius 3 is 2.45 bits per heavy atom. The van der Waals surface area contributed by atoms with Crippen molar-refractivity contribution < 1.29 is 46.9 Å². The Morgan fingerprint density at radius 2 is 1.64 bits per heavy atom. The van der Waals surface area contributed by atoms with Gasteiger partial charge in [-0.05, 0) is 12.1 Å². The standard InChI is InChI=1S/C9H7N.Yb/c1-2-6-9-8(4-1)5-3-7-10-9;/h1-7H;. The minimum Gasteiger partial charge on any atom is -0.256 e. The summed E-state index contributed by atoms with van der Waals surface area (Å²) in [6.07, 6.45) is 1.81. The van der Waals surface area contributed by atoms with Crippen molar-refractivity contribution >= 4 is 10.9 Å². The van der Waals surface area contributed by atoms with E-state index in [-0.39, 0.29) is 46.9 Å². The van der Waals surface area contributed by atoms with Crippen LogP contribution in [-0.2, 0) is 0 Å². The number of fused-ring (bicyclic) bond motifs is 1. The van der Waals surface area contributed by atoms with Crippen LogP contribution < -0.4 is 0 Å². The molecule has 1 heterocycles. The van der Waals surface area contributed by atoms with Crippen LogP contribution in [0.15, 0.2) is 42.6 Å². The molecule has 2 aromatic rings. The van der Waals surface area contributed by atoms with E-state index in [1.807, 2.05) is 30.5 Å². The SMILES string of the molecule is [Yb].c1ccc2ncccc2c1. The molecule has 0 aliphatic heterocycles. The van der Waals surface area contributed by atoms with Crippen LogP contribution in [0.25, 0.3) is 10.9 Å². The number of pyridine rings is 1. The summed E-state index contributed by atoms with van der Waals surface area (Å²) < 4.78 is 0. The van der Waals surface area contributed by atoms with Gasteiger partial charge in [-0.25, -0.2) is 0 Å². The summed E-state index contributed by atoms with van der Waals surface area (Å²) in [6, 6.07) is 12.1. The van der Waals surface area contributed by atoms with Crippen LogP contribution in [-0.4, -0.2) is 4.98 Å². The van der Waals surface area contributed by atoms with Crippen molar-refractivity contribution in [2.24, 2.45) is 0 Å². The predicted octanol–water partition coefficient (Wildman–Crippen LogP) is 2.23. The van der Waals surface area contributed by atoms with Gasteiger partial charge in [0.05, 0.1) is 5.52 Å². The Labute approximate surface area is 104 Å². The van der Waals surface area contributed by atoms with Crippen molar-refractivity contribution in [3.8, 4) is 0 Å². The summed E-state index contributed by atoms with van der Waals surface area (Å²) in [5, 5.41) is 1.20. The Balaban J connectivity index is 0.000000605. The topological polar surface area (TPSA) is 12.9 Å². The van der Waals surface area contributed by atoms with Crippen molar-refractivity contribution in [3.05, 3.63) is 42.6 Å². The fourth-order valence-corrected chi connectivity index (χ4v) is 1.02. The number of para-hydroxylation sites is 1. The quantitative estimate of drug-likeness (QED) is 0.727. The van der Waals surface area contributed by atoms with Crippen LogP contribution in [0.2, 0.25) is 0 Å².